The van der Waals surface area contributed by atoms with Crippen molar-refractivity contribution in [1.82, 2.24) is 4.90 Å². The van der Waals surface area contributed by atoms with Gasteiger partial charge in [-0.25, -0.2) is 8.78 Å². The van der Waals surface area contributed by atoms with Crippen molar-refractivity contribution in [1.29, 1.82) is 0 Å². The Bertz CT molecular complexity index is 836. The summed E-state index contributed by atoms with van der Waals surface area (Å²) in [4.78, 5) is 26.4. The van der Waals surface area contributed by atoms with Crippen molar-refractivity contribution in [3.8, 4) is 0 Å². The number of likely N-dealkylation sites (tertiary alicyclic amines) is 1. The molecule has 3 rings (SSSR count). The molecule has 1 aliphatic heterocycles. The zero-order valence-corrected chi connectivity index (χ0v) is 13.9. The lowest BCUT2D eigenvalue weighted by atomic mass is 10.1. The number of benzene rings is 2. The van der Waals surface area contributed by atoms with E-state index in [9.17, 15) is 18.4 Å². The second-order valence-corrected chi connectivity index (χ2v) is 6.19. The van der Waals surface area contributed by atoms with Gasteiger partial charge in [0.25, 0.3) is 11.8 Å². The summed E-state index contributed by atoms with van der Waals surface area (Å²) in [5.74, 6) is -3.07. The maximum atomic E-state index is 13.3. The first-order valence-corrected chi connectivity index (χ1v) is 8.19. The maximum Gasteiger partial charge on any atom is 0.257 e. The lowest BCUT2D eigenvalue weighted by molar-refractivity contribution is 0.0792. The first-order valence-electron chi connectivity index (χ1n) is 7.81. The average molecular weight is 365 g/mol. The summed E-state index contributed by atoms with van der Waals surface area (Å²) in [6.07, 6.45) is 1.97. The second-order valence-electron chi connectivity index (χ2n) is 5.78. The number of nitrogens with zero attached hydrogens (tertiary/aromatic N) is 1. The fraction of sp³-hybridized carbons (Fsp3) is 0.222. The van der Waals surface area contributed by atoms with Gasteiger partial charge in [-0.1, -0.05) is 17.7 Å². The second kappa shape index (κ2) is 7.19. The van der Waals surface area contributed by atoms with E-state index < -0.39 is 17.5 Å². The van der Waals surface area contributed by atoms with Crippen LogP contribution in [0.5, 0.6) is 0 Å². The van der Waals surface area contributed by atoms with Crippen LogP contribution in [0.1, 0.15) is 33.6 Å². The summed E-state index contributed by atoms with van der Waals surface area (Å²) < 4.78 is 26.4. The Hall–Kier alpha value is -2.47. The molecule has 25 heavy (non-hydrogen) atoms. The fourth-order valence-electron chi connectivity index (χ4n) is 2.73. The van der Waals surface area contributed by atoms with Crippen molar-refractivity contribution < 1.29 is 18.4 Å². The summed E-state index contributed by atoms with van der Waals surface area (Å²) in [5.41, 5.74) is 0.642. The van der Waals surface area contributed by atoms with Gasteiger partial charge in [-0.3, -0.25) is 9.59 Å². The summed E-state index contributed by atoms with van der Waals surface area (Å²) in [6.45, 7) is 1.44. The smallest absolute Gasteiger partial charge is 0.257 e. The Morgan fingerprint density at radius 3 is 2.44 bits per heavy atom. The zero-order chi connectivity index (χ0) is 18.0. The monoisotopic (exact) mass is 364 g/mol. The molecule has 1 N–H and O–H groups in total. The molecular weight excluding hydrogens is 350 g/mol. The van der Waals surface area contributed by atoms with Gasteiger partial charge in [0.2, 0.25) is 0 Å². The number of carbonyl (C=O) groups excluding carboxylic acids is 2. The SMILES string of the molecule is O=C(Nc1cccc(C(=O)N2CCCC2)c1)c1cc(F)c(F)cc1Cl. The molecule has 2 aromatic carbocycles. The van der Waals surface area contributed by atoms with Crippen LogP contribution in [0.3, 0.4) is 0 Å². The third-order valence-corrected chi connectivity index (χ3v) is 4.33. The van der Waals surface area contributed by atoms with Crippen molar-refractivity contribution >= 4 is 29.1 Å². The molecule has 1 heterocycles. The number of hydrogen-bond donors (Lipinski definition) is 1. The number of hydrogen-bond acceptors (Lipinski definition) is 2. The van der Waals surface area contributed by atoms with Gasteiger partial charge in [0.15, 0.2) is 11.6 Å². The van der Waals surface area contributed by atoms with Crippen LogP contribution >= 0.6 is 11.6 Å². The number of amides is 2. The van der Waals surface area contributed by atoms with Crippen molar-refractivity contribution in [2.24, 2.45) is 0 Å². The van der Waals surface area contributed by atoms with Crippen LogP contribution in [0.2, 0.25) is 5.02 Å². The molecule has 2 aromatic rings. The van der Waals surface area contributed by atoms with Crippen molar-refractivity contribution in [3.05, 3.63) is 64.2 Å². The van der Waals surface area contributed by atoms with Gasteiger partial charge in [0, 0.05) is 24.3 Å². The molecule has 0 unspecified atom stereocenters. The van der Waals surface area contributed by atoms with E-state index in [1.165, 1.54) is 0 Å². The Kier molecular flexibility index (Phi) is 4.99. The molecular formula is C18H15ClF2N2O2. The van der Waals surface area contributed by atoms with Crippen molar-refractivity contribution in [3.63, 3.8) is 0 Å². The van der Waals surface area contributed by atoms with Gasteiger partial charge in [0.05, 0.1) is 10.6 Å². The Balaban J connectivity index is 1.79. The molecule has 0 radical (unpaired) electrons. The van der Waals surface area contributed by atoms with Gasteiger partial charge < -0.3 is 10.2 Å². The minimum Gasteiger partial charge on any atom is -0.339 e. The predicted molar refractivity (Wildman–Crippen MR) is 90.9 cm³/mol. The van der Waals surface area contributed by atoms with E-state index >= 15 is 0 Å². The lowest BCUT2D eigenvalue weighted by Crippen LogP contribution is -2.27. The highest BCUT2D eigenvalue weighted by Crippen LogP contribution is 2.22. The zero-order valence-electron chi connectivity index (χ0n) is 13.2. The highest BCUT2D eigenvalue weighted by molar-refractivity contribution is 6.34. The largest absolute Gasteiger partial charge is 0.339 e. The van der Waals surface area contributed by atoms with E-state index in [2.05, 4.69) is 5.32 Å². The van der Waals surface area contributed by atoms with Crippen molar-refractivity contribution in [2.75, 3.05) is 18.4 Å². The highest BCUT2D eigenvalue weighted by Gasteiger charge is 2.20. The number of nitrogens with one attached hydrogen (secondary N) is 1. The minimum absolute atomic E-state index is 0.0977. The molecule has 130 valence electrons. The summed E-state index contributed by atoms with van der Waals surface area (Å²) in [5, 5.41) is 2.35. The summed E-state index contributed by atoms with van der Waals surface area (Å²) in [7, 11) is 0. The van der Waals surface area contributed by atoms with Crippen LogP contribution in [0.15, 0.2) is 36.4 Å². The van der Waals surface area contributed by atoms with Crippen molar-refractivity contribution in [2.45, 2.75) is 12.8 Å². The molecule has 1 aliphatic rings. The van der Waals surface area contributed by atoms with E-state index in [4.69, 9.17) is 11.6 Å². The van der Waals surface area contributed by atoms with Crippen LogP contribution in [-0.4, -0.2) is 29.8 Å². The predicted octanol–water partition coefficient (Wildman–Crippen LogP) is 4.11. The van der Waals surface area contributed by atoms with E-state index in [1.54, 1.807) is 29.2 Å². The minimum atomic E-state index is -1.16. The molecule has 1 saturated heterocycles. The Labute approximate surface area is 148 Å². The highest BCUT2D eigenvalue weighted by atomic mass is 35.5. The topological polar surface area (TPSA) is 49.4 Å². The van der Waals surface area contributed by atoms with Crippen LogP contribution in [0, 0.1) is 11.6 Å². The van der Waals surface area contributed by atoms with Crippen LogP contribution in [0.25, 0.3) is 0 Å². The average Bonchev–Trinajstić information content (AvgIpc) is 3.12. The van der Waals surface area contributed by atoms with E-state index in [0.29, 0.717) is 11.3 Å². The Morgan fingerprint density at radius 2 is 1.72 bits per heavy atom. The molecule has 0 atom stereocenters. The number of rotatable bonds is 3. The third-order valence-electron chi connectivity index (χ3n) is 4.02. The summed E-state index contributed by atoms with van der Waals surface area (Å²) in [6, 6.07) is 7.96. The number of anilines is 1. The molecule has 1 fully saturated rings. The molecule has 2 amide bonds. The molecule has 0 aromatic heterocycles. The normalized spacial score (nSPS) is 13.8. The van der Waals surface area contributed by atoms with Gasteiger partial charge >= 0.3 is 0 Å². The molecule has 0 aliphatic carbocycles. The van der Waals surface area contributed by atoms with Crippen LogP contribution < -0.4 is 5.32 Å². The standard InChI is InChI=1S/C18H15ClF2N2O2/c19-14-10-16(21)15(20)9-13(14)17(24)22-12-5-3-4-11(8-12)18(25)23-6-1-2-7-23/h3-5,8-10H,1-2,6-7H2,(H,22,24). The first kappa shape index (κ1) is 17.4. The van der Waals surface area contributed by atoms with Crippen LogP contribution in [-0.2, 0) is 0 Å². The van der Waals surface area contributed by atoms with Gasteiger partial charge in [0.1, 0.15) is 0 Å². The summed E-state index contributed by atoms with van der Waals surface area (Å²) >= 11 is 5.80. The van der Waals surface area contributed by atoms with E-state index in [0.717, 1.165) is 38.1 Å². The van der Waals surface area contributed by atoms with E-state index in [1.807, 2.05) is 0 Å². The molecule has 0 saturated carbocycles. The molecule has 0 bridgehead atoms. The van der Waals surface area contributed by atoms with Gasteiger partial charge in [-0.15, -0.1) is 0 Å². The van der Waals surface area contributed by atoms with Gasteiger partial charge in [-0.2, -0.15) is 0 Å². The number of halogens is 3. The van der Waals surface area contributed by atoms with Gasteiger partial charge in [-0.05, 0) is 43.2 Å². The molecule has 7 heteroatoms. The number of carbonyl (C=O) groups is 2. The molecule has 0 spiro atoms. The maximum absolute atomic E-state index is 13.3. The first-order chi connectivity index (χ1) is 12.0. The molecule has 4 nitrogen and oxygen atoms in total. The lowest BCUT2D eigenvalue weighted by Gasteiger charge is -2.16. The van der Waals surface area contributed by atoms with E-state index in [-0.39, 0.29) is 16.5 Å². The quantitative estimate of drug-likeness (QED) is 0.833. The Morgan fingerprint density at radius 1 is 1.04 bits per heavy atom. The van der Waals surface area contributed by atoms with Crippen LogP contribution in [0.4, 0.5) is 14.5 Å². The fourth-order valence-corrected chi connectivity index (χ4v) is 2.96. The third kappa shape index (κ3) is 3.79.